The largest absolute Gasteiger partial charge is 0.377 e. The van der Waals surface area contributed by atoms with Gasteiger partial charge in [0.15, 0.2) is 5.78 Å². The zero-order valence-electron chi connectivity index (χ0n) is 15.0. The van der Waals surface area contributed by atoms with E-state index in [-0.39, 0.29) is 38.0 Å². The van der Waals surface area contributed by atoms with Crippen LogP contribution in [0.4, 0.5) is 0 Å². The van der Waals surface area contributed by atoms with E-state index in [4.69, 9.17) is 0 Å². The van der Waals surface area contributed by atoms with Crippen molar-refractivity contribution in [3.63, 3.8) is 0 Å². The molecule has 0 aliphatic carbocycles. The van der Waals surface area contributed by atoms with Crippen LogP contribution in [0.1, 0.15) is 27.2 Å². The third-order valence-corrected chi connectivity index (χ3v) is 2.99. The predicted octanol–water partition coefficient (Wildman–Crippen LogP) is -2.78. The fourth-order valence-corrected chi connectivity index (χ4v) is 1.50. The molecule has 0 radical (unpaired) electrons. The first-order chi connectivity index (χ1) is 11.7. The van der Waals surface area contributed by atoms with Gasteiger partial charge in [-0.2, -0.15) is 0 Å². The highest BCUT2D eigenvalue weighted by Gasteiger charge is 2.10. The first-order valence-corrected chi connectivity index (χ1v) is 8.21. The zero-order chi connectivity index (χ0) is 19.2. The summed E-state index contributed by atoms with van der Waals surface area (Å²) in [4.78, 5) is 45.5. The number of hydrogen-bond donors (Lipinski definition) is 6. The van der Waals surface area contributed by atoms with Crippen molar-refractivity contribution >= 4 is 23.5 Å². The fraction of sp³-hybridized carbons (Fsp3) is 0.733. The maximum absolute atomic E-state index is 11.5. The van der Waals surface area contributed by atoms with Gasteiger partial charge in [0.25, 0.3) is 0 Å². The maximum Gasteiger partial charge on any atom is 0.239 e. The van der Waals surface area contributed by atoms with Gasteiger partial charge in [0.05, 0.1) is 26.2 Å². The number of amides is 3. The van der Waals surface area contributed by atoms with Crippen molar-refractivity contribution in [2.75, 3.05) is 32.7 Å². The number of aliphatic hydroxyl groups is 1. The zero-order valence-corrected chi connectivity index (χ0v) is 15.0. The second-order valence-electron chi connectivity index (χ2n) is 5.68. The van der Waals surface area contributed by atoms with E-state index >= 15 is 0 Å². The lowest BCUT2D eigenvalue weighted by Gasteiger charge is -2.15. The van der Waals surface area contributed by atoms with Gasteiger partial charge in [-0.05, 0) is 0 Å². The summed E-state index contributed by atoms with van der Waals surface area (Å²) in [5, 5.41) is 22.2. The molecule has 0 aromatic heterocycles. The average molecular weight is 359 g/mol. The van der Waals surface area contributed by atoms with Crippen molar-refractivity contribution in [3.8, 4) is 0 Å². The van der Waals surface area contributed by atoms with E-state index in [1.54, 1.807) is 6.92 Å². The highest BCUT2D eigenvalue weighted by Crippen LogP contribution is 1.80. The number of nitrogens with one attached hydrogen (secondary N) is 5. The number of ketones is 1. The summed E-state index contributed by atoms with van der Waals surface area (Å²) in [6.45, 7) is 5.07. The number of carbonyl (C=O) groups excluding carboxylic acids is 4. The van der Waals surface area contributed by atoms with E-state index in [1.165, 1.54) is 0 Å². The molecule has 3 amide bonds. The van der Waals surface area contributed by atoms with E-state index in [2.05, 4.69) is 26.6 Å². The third-order valence-electron chi connectivity index (χ3n) is 2.99. The number of carbonyl (C=O) groups is 4. The minimum atomic E-state index is -0.878. The van der Waals surface area contributed by atoms with Crippen molar-refractivity contribution in [2.24, 2.45) is 0 Å². The van der Waals surface area contributed by atoms with Gasteiger partial charge in [-0.25, -0.2) is 0 Å². The third kappa shape index (κ3) is 14.0. The van der Waals surface area contributed by atoms with Crippen LogP contribution in [0, 0.1) is 0 Å². The van der Waals surface area contributed by atoms with Crippen LogP contribution in [-0.4, -0.2) is 73.6 Å². The van der Waals surface area contributed by atoms with E-state index in [0.29, 0.717) is 13.0 Å². The minimum Gasteiger partial charge on any atom is -0.377 e. The first kappa shape index (κ1) is 23.0. The van der Waals surface area contributed by atoms with Crippen LogP contribution in [0.15, 0.2) is 0 Å². The lowest BCUT2D eigenvalue weighted by molar-refractivity contribution is -0.128. The molecule has 1 atom stereocenters. The molecule has 0 saturated heterocycles. The van der Waals surface area contributed by atoms with Gasteiger partial charge in [-0.3, -0.25) is 24.5 Å². The fourth-order valence-electron chi connectivity index (χ4n) is 1.50. The van der Waals surface area contributed by atoms with Crippen LogP contribution in [0.2, 0.25) is 0 Å². The molecule has 0 spiro atoms. The van der Waals surface area contributed by atoms with Gasteiger partial charge in [0, 0.05) is 19.0 Å². The summed E-state index contributed by atoms with van der Waals surface area (Å²) in [7, 11) is 0. The Morgan fingerprint density at radius 3 is 1.76 bits per heavy atom. The van der Waals surface area contributed by atoms with Crippen LogP contribution >= 0.6 is 0 Å². The van der Waals surface area contributed by atoms with E-state index in [1.807, 2.05) is 13.8 Å². The Hall–Kier alpha value is -2.04. The van der Waals surface area contributed by atoms with Crippen LogP contribution < -0.4 is 26.6 Å². The van der Waals surface area contributed by atoms with Gasteiger partial charge in [0.2, 0.25) is 17.7 Å². The topological polar surface area (TPSA) is 149 Å². The van der Waals surface area contributed by atoms with Crippen molar-refractivity contribution in [3.05, 3.63) is 0 Å². The van der Waals surface area contributed by atoms with Crippen LogP contribution in [0.25, 0.3) is 0 Å². The Kier molecular flexibility index (Phi) is 12.2. The minimum absolute atomic E-state index is 0.0679. The predicted molar refractivity (Wildman–Crippen MR) is 91.5 cm³/mol. The number of rotatable bonds is 13. The van der Waals surface area contributed by atoms with Gasteiger partial charge >= 0.3 is 0 Å². The first-order valence-electron chi connectivity index (χ1n) is 8.21. The summed E-state index contributed by atoms with van der Waals surface area (Å²) < 4.78 is 0. The molecule has 0 rings (SSSR count). The Morgan fingerprint density at radius 2 is 1.28 bits per heavy atom. The number of hydrogen-bond acceptors (Lipinski definition) is 7. The molecule has 0 heterocycles. The number of aliphatic hydroxyl groups excluding tert-OH is 1. The molecule has 0 bridgehead atoms. The molecule has 1 unspecified atom stereocenters. The SMILES string of the molecule is CCC(=O)CNC(=O)CNC(=O)CNC(=O)CNC(O)CNC(C)C. The van der Waals surface area contributed by atoms with Crippen molar-refractivity contribution in [2.45, 2.75) is 39.5 Å². The molecule has 144 valence electrons. The smallest absolute Gasteiger partial charge is 0.239 e. The molecule has 0 aliphatic heterocycles. The molecule has 25 heavy (non-hydrogen) atoms. The summed E-state index contributed by atoms with van der Waals surface area (Å²) >= 11 is 0. The molecule has 0 aliphatic rings. The quantitative estimate of drug-likeness (QED) is 0.195. The van der Waals surface area contributed by atoms with Crippen LogP contribution in [0.3, 0.4) is 0 Å². The Bertz CT molecular complexity index is 456. The van der Waals surface area contributed by atoms with E-state index < -0.39 is 23.9 Å². The molecule has 0 aromatic rings. The van der Waals surface area contributed by atoms with Gasteiger partial charge < -0.3 is 26.4 Å². The molecule has 10 nitrogen and oxygen atoms in total. The standard InChI is InChI=1S/C15H29N5O5/c1-4-11(21)5-17-13(23)7-19-15(25)9-20-14(24)8-18-12(22)6-16-10(2)3/h10,12,16,18,22H,4-9H2,1-3H3,(H,17,23)(H,19,25)(H,20,24). The van der Waals surface area contributed by atoms with E-state index in [0.717, 1.165) is 0 Å². The van der Waals surface area contributed by atoms with Crippen LogP contribution in [0.5, 0.6) is 0 Å². The molecular weight excluding hydrogens is 330 g/mol. The second kappa shape index (κ2) is 13.3. The Labute approximate surface area is 147 Å². The van der Waals surface area contributed by atoms with E-state index in [9.17, 15) is 24.3 Å². The van der Waals surface area contributed by atoms with Crippen molar-refractivity contribution in [1.82, 2.24) is 26.6 Å². The Morgan fingerprint density at radius 1 is 0.800 bits per heavy atom. The molecular formula is C15H29N5O5. The normalized spacial score (nSPS) is 11.7. The lowest BCUT2D eigenvalue weighted by atomic mass is 10.3. The van der Waals surface area contributed by atoms with Gasteiger partial charge in [-0.15, -0.1) is 0 Å². The summed E-state index contributed by atoms with van der Waals surface area (Å²) in [6, 6.07) is 0.214. The summed E-state index contributed by atoms with van der Waals surface area (Å²) in [5.41, 5.74) is 0. The Balaban J connectivity index is 3.78. The van der Waals surface area contributed by atoms with Gasteiger partial charge in [0.1, 0.15) is 6.23 Å². The average Bonchev–Trinajstić information content (AvgIpc) is 2.58. The second-order valence-corrected chi connectivity index (χ2v) is 5.68. The monoisotopic (exact) mass is 359 g/mol. The maximum atomic E-state index is 11.5. The van der Waals surface area contributed by atoms with Crippen molar-refractivity contribution in [1.29, 1.82) is 0 Å². The molecule has 0 saturated carbocycles. The van der Waals surface area contributed by atoms with Gasteiger partial charge in [-0.1, -0.05) is 20.8 Å². The molecule has 0 fully saturated rings. The molecule has 6 N–H and O–H groups in total. The highest BCUT2D eigenvalue weighted by atomic mass is 16.3. The number of Topliss-reactive ketones (excluding diaryl/α,β-unsaturated/α-hetero) is 1. The molecule has 0 aromatic carbocycles. The lowest BCUT2D eigenvalue weighted by Crippen LogP contribution is -2.47. The van der Waals surface area contributed by atoms with Crippen LogP contribution in [-0.2, 0) is 19.2 Å². The summed E-state index contributed by atoms with van der Waals surface area (Å²) in [6.07, 6.45) is -0.550. The summed E-state index contributed by atoms with van der Waals surface area (Å²) in [5.74, 6) is -1.58. The van der Waals surface area contributed by atoms with Crippen molar-refractivity contribution < 1.29 is 24.3 Å². The highest BCUT2D eigenvalue weighted by molar-refractivity contribution is 5.90. The molecule has 10 heteroatoms.